The third-order valence-electron chi connectivity index (χ3n) is 4.43. The van der Waals surface area contributed by atoms with Crippen LogP contribution in [0, 0.1) is 6.92 Å². The molecule has 0 bridgehead atoms. The van der Waals surface area contributed by atoms with Gasteiger partial charge < -0.3 is 10.8 Å². The van der Waals surface area contributed by atoms with E-state index >= 15 is 0 Å². The second-order valence-electron chi connectivity index (χ2n) is 5.88. The molecule has 22 heavy (non-hydrogen) atoms. The van der Waals surface area contributed by atoms with Crippen LogP contribution in [0.2, 0.25) is 0 Å². The predicted octanol–water partition coefficient (Wildman–Crippen LogP) is 2.65. The van der Waals surface area contributed by atoms with Gasteiger partial charge in [0.2, 0.25) is 0 Å². The van der Waals surface area contributed by atoms with Gasteiger partial charge in [0.05, 0.1) is 16.9 Å². The lowest BCUT2D eigenvalue weighted by Gasteiger charge is -2.23. The number of carbonyl (C=O) groups is 1. The summed E-state index contributed by atoms with van der Waals surface area (Å²) < 4.78 is 1.92. The number of aryl methyl sites for hydroxylation is 1. The van der Waals surface area contributed by atoms with Crippen molar-refractivity contribution in [3.63, 3.8) is 0 Å². The van der Waals surface area contributed by atoms with Crippen LogP contribution in [0.4, 0.5) is 0 Å². The molecule has 0 saturated carbocycles. The molecule has 1 unspecified atom stereocenters. The van der Waals surface area contributed by atoms with E-state index in [1.54, 1.807) is 18.2 Å². The Morgan fingerprint density at radius 3 is 3.05 bits per heavy atom. The maximum atomic E-state index is 11.2. The molecular weight excluding hydrogens is 278 g/mol. The highest BCUT2D eigenvalue weighted by atomic mass is 16.4. The highest BCUT2D eigenvalue weighted by Crippen LogP contribution is 2.36. The summed E-state index contributed by atoms with van der Waals surface area (Å²) in [5.74, 6) is -0.439. The number of aromatic carboxylic acids is 1. The highest BCUT2D eigenvalue weighted by molar-refractivity contribution is 5.88. The molecule has 0 radical (unpaired) electrons. The molecule has 1 heterocycles. The Morgan fingerprint density at radius 1 is 1.50 bits per heavy atom. The first kappa shape index (κ1) is 14.8. The molecule has 0 spiro atoms. The largest absolute Gasteiger partial charge is 0.478 e. The first-order chi connectivity index (χ1) is 10.6. The van der Waals surface area contributed by atoms with Crippen LogP contribution in [-0.2, 0) is 6.42 Å². The molecule has 0 fully saturated rings. The normalized spacial score (nSPS) is 17.3. The van der Waals surface area contributed by atoms with Gasteiger partial charge in [-0.05, 0) is 68.8 Å². The van der Waals surface area contributed by atoms with E-state index in [9.17, 15) is 4.79 Å². The SMILES string of the molecule is Cc1nn(-c2cccc(C(=O)O)c2)c2c1C(CCN)CCC2. The first-order valence-electron chi connectivity index (χ1n) is 7.74. The Kier molecular flexibility index (Phi) is 3.98. The summed E-state index contributed by atoms with van der Waals surface area (Å²) in [4.78, 5) is 11.2. The monoisotopic (exact) mass is 299 g/mol. The number of carboxylic acids is 1. The molecule has 1 aliphatic rings. The Bertz CT molecular complexity index is 706. The Morgan fingerprint density at radius 2 is 2.32 bits per heavy atom. The molecule has 0 aliphatic heterocycles. The minimum absolute atomic E-state index is 0.286. The second kappa shape index (κ2) is 5.93. The van der Waals surface area contributed by atoms with Crippen molar-refractivity contribution in [2.45, 2.75) is 38.5 Å². The maximum absolute atomic E-state index is 11.2. The van der Waals surface area contributed by atoms with Gasteiger partial charge in [0.1, 0.15) is 0 Å². The van der Waals surface area contributed by atoms with Crippen molar-refractivity contribution in [3.05, 3.63) is 46.8 Å². The number of hydrogen-bond acceptors (Lipinski definition) is 3. The van der Waals surface area contributed by atoms with Crippen molar-refractivity contribution in [3.8, 4) is 5.69 Å². The van der Waals surface area contributed by atoms with Crippen LogP contribution >= 0.6 is 0 Å². The lowest BCUT2D eigenvalue weighted by atomic mass is 9.83. The minimum Gasteiger partial charge on any atom is -0.478 e. The molecular formula is C17H21N3O2. The summed E-state index contributed by atoms with van der Waals surface area (Å²) >= 11 is 0. The molecule has 1 atom stereocenters. The van der Waals surface area contributed by atoms with Gasteiger partial charge in [-0.25, -0.2) is 9.48 Å². The van der Waals surface area contributed by atoms with Gasteiger partial charge >= 0.3 is 5.97 Å². The first-order valence-corrected chi connectivity index (χ1v) is 7.74. The summed E-state index contributed by atoms with van der Waals surface area (Å²) in [5.41, 5.74) is 10.4. The molecule has 3 N–H and O–H groups in total. The molecule has 116 valence electrons. The smallest absolute Gasteiger partial charge is 0.335 e. The van der Waals surface area contributed by atoms with Crippen molar-refractivity contribution >= 4 is 5.97 Å². The number of rotatable bonds is 4. The Labute approximate surface area is 129 Å². The Balaban J connectivity index is 2.08. The van der Waals surface area contributed by atoms with Crippen molar-refractivity contribution in [2.24, 2.45) is 5.73 Å². The van der Waals surface area contributed by atoms with Crippen molar-refractivity contribution in [1.82, 2.24) is 9.78 Å². The van der Waals surface area contributed by atoms with Crippen molar-refractivity contribution < 1.29 is 9.90 Å². The average Bonchev–Trinajstić information content (AvgIpc) is 2.86. The average molecular weight is 299 g/mol. The van der Waals surface area contributed by atoms with E-state index in [2.05, 4.69) is 5.10 Å². The molecule has 0 saturated heterocycles. The molecule has 3 rings (SSSR count). The van der Waals surface area contributed by atoms with Gasteiger partial charge in [0, 0.05) is 5.69 Å². The third-order valence-corrected chi connectivity index (χ3v) is 4.43. The number of hydrogen-bond donors (Lipinski definition) is 2. The van der Waals surface area contributed by atoms with E-state index in [-0.39, 0.29) is 5.56 Å². The topological polar surface area (TPSA) is 81.1 Å². The van der Waals surface area contributed by atoms with Crippen LogP contribution in [0.15, 0.2) is 24.3 Å². The van der Waals surface area contributed by atoms with E-state index < -0.39 is 5.97 Å². The number of nitrogens with two attached hydrogens (primary N) is 1. The van der Waals surface area contributed by atoms with Crippen molar-refractivity contribution in [2.75, 3.05) is 6.54 Å². The van der Waals surface area contributed by atoms with Crippen LogP contribution in [0.25, 0.3) is 5.69 Å². The fourth-order valence-corrected chi connectivity index (χ4v) is 3.49. The summed E-state index contributed by atoms with van der Waals surface area (Å²) in [5, 5.41) is 13.8. The molecule has 5 heteroatoms. The van der Waals surface area contributed by atoms with Crippen LogP contribution in [-0.4, -0.2) is 27.4 Å². The number of fused-ring (bicyclic) bond motifs is 1. The molecule has 1 aliphatic carbocycles. The van der Waals surface area contributed by atoms with Crippen molar-refractivity contribution in [1.29, 1.82) is 0 Å². The van der Waals surface area contributed by atoms with E-state index in [1.807, 2.05) is 17.7 Å². The summed E-state index contributed by atoms with van der Waals surface area (Å²) in [6, 6.07) is 6.96. The van der Waals surface area contributed by atoms with Gasteiger partial charge in [-0.1, -0.05) is 6.07 Å². The quantitative estimate of drug-likeness (QED) is 0.909. The van der Waals surface area contributed by atoms with Gasteiger partial charge in [0.15, 0.2) is 0 Å². The number of aromatic nitrogens is 2. The van der Waals surface area contributed by atoms with Gasteiger partial charge in [-0.2, -0.15) is 5.10 Å². The van der Waals surface area contributed by atoms with E-state index in [1.165, 1.54) is 11.3 Å². The molecule has 0 amide bonds. The number of benzene rings is 1. The van der Waals surface area contributed by atoms with E-state index in [0.29, 0.717) is 12.5 Å². The van der Waals surface area contributed by atoms with Crippen LogP contribution < -0.4 is 5.73 Å². The molecule has 2 aromatic rings. The number of carboxylic acid groups (broad SMARTS) is 1. The van der Waals surface area contributed by atoms with E-state index in [0.717, 1.165) is 37.1 Å². The zero-order valence-electron chi connectivity index (χ0n) is 12.7. The zero-order chi connectivity index (χ0) is 15.7. The second-order valence-corrected chi connectivity index (χ2v) is 5.88. The zero-order valence-corrected chi connectivity index (χ0v) is 12.7. The summed E-state index contributed by atoms with van der Waals surface area (Å²) in [7, 11) is 0. The van der Waals surface area contributed by atoms with E-state index in [4.69, 9.17) is 10.8 Å². The third kappa shape index (κ3) is 2.52. The van der Waals surface area contributed by atoms with Crippen LogP contribution in [0.3, 0.4) is 0 Å². The Hall–Kier alpha value is -2.14. The summed E-state index contributed by atoms with van der Waals surface area (Å²) in [6.07, 6.45) is 4.25. The minimum atomic E-state index is -0.916. The molecule has 1 aromatic heterocycles. The number of nitrogens with zero attached hydrogens (tertiary/aromatic N) is 2. The fourth-order valence-electron chi connectivity index (χ4n) is 3.49. The summed E-state index contributed by atoms with van der Waals surface area (Å²) in [6.45, 7) is 2.72. The lowest BCUT2D eigenvalue weighted by molar-refractivity contribution is 0.0697. The molecule has 5 nitrogen and oxygen atoms in total. The molecule has 1 aromatic carbocycles. The van der Waals surface area contributed by atoms with Gasteiger partial charge in [-0.3, -0.25) is 0 Å². The van der Waals surface area contributed by atoms with Crippen LogP contribution in [0.1, 0.15) is 52.5 Å². The van der Waals surface area contributed by atoms with Crippen LogP contribution in [0.5, 0.6) is 0 Å². The van der Waals surface area contributed by atoms with Gasteiger partial charge in [-0.15, -0.1) is 0 Å². The van der Waals surface area contributed by atoms with Gasteiger partial charge in [0.25, 0.3) is 0 Å². The highest BCUT2D eigenvalue weighted by Gasteiger charge is 2.27. The standard InChI is InChI=1S/C17H21N3O2/c1-11-16-12(8-9-18)4-3-7-15(16)20(19-11)14-6-2-5-13(10-14)17(21)22/h2,5-6,10,12H,3-4,7-9,18H2,1H3,(H,21,22). The predicted molar refractivity (Wildman–Crippen MR) is 84.6 cm³/mol. The fraction of sp³-hybridized carbons (Fsp3) is 0.412. The lowest BCUT2D eigenvalue weighted by Crippen LogP contribution is -2.15. The maximum Gasteiger partial charge on any atom is 0.335 e.